The van der Waals surface area contributed by atoms with Crippen LogP contribution in [0.1, 0.15) is 106 Å². The third kappa shape index (κ3) is 12.2. The Labute approximate surface area is 320 Å². The van der Waals surface area contributed by atoms with Crippen LogP contribution in [-0.2, 0) is 16.0 Å². The fourth-order valence-electron chi connectivity index (χ4n) is 6.94. The molecule has 1 aliphatic heterocycles. The van der Waals surface area contributed by atoms with Crippen LogP contribution in [0, 0.1) is 11.3 Å². The van der Waals surface area contributed by atoms with Gasteiger partial charge in [0.1, 0.15) is 5.60 Å². The Kier molecular flexibility index (Phi) is 14.7. The Hall–Kier alpha value is -5.17. The minimum absolute atomic E-state index is 0.0128. The molecule has 4 aromatic rings. The molecule has 0 radical (unpaired) electrons. The normalized spacial score (nSPS) is 13.1. The van der Waals surface area contributed by atoms with Gasteiger partial charge in [0.2, 0.25) is 5.91 Å². The van der Waals surface area contributed by atoms with Crippen LogP contribution in [0.2, 0.25) is 0 Å². The highest BCUT2D eigenvalue weighted by atomic mass is 16.6. The molecule has 0 saturated carbocycles. The maximum Gasteiger partial charge on any atom is 0.407 e. The van der Waals surface area contributed by atoms with Crippen molar-refractivity contribution in [3.63, 3.8) is 0 Å². The van der Waals surface area contributed by atoms with Gasteiger partial charge in [0.15, 0.2) is 0 Å². The molecule has 1 aromatic heterocycles. The Balaban J connectivity index is 0.946. The molecule has 0 unspecified atom stereocenters. The van der Waals surface area contributed by atoms with Gasteiger partial charge in [-0.15, -0.1) is 0 Å². The standard InChI is InChI=1S/C44H56N6O4/c1-44(2,3)54-43(53)48-22-12-10-8-6-4-5-7-9-11-13-41(51)49-25-27-50(28-26-49)42(52)37-18-17-35-29-33(14-16-36(35)31-37)20-23-46-40-21-24-47-39-19-15-34(32-45)30-38(39)40/h14-19,21,24,29-31H,4-13,20,22-23,25-28H2,1-3H3,(H,46,47)(H,48,53). The van der Waals surface area contributed by atoms with Gasteiger partial charge >= 0.3 is 6.09 Å². The van der Waals surface area contributed by atoms with Crippen molar-refractivity contribution < 1.29 is 19.1 Å². The zero-order valence-corrected chi connectivity index (χ0v) is 32.3. The van der Waals surface area contributed by atoms with E-state index in [1.165, 1.54) is 31.2 Å². The van der Waals surface area contributed by atoms with Crippen molar-refractivity contribution in [1.82, 2.24) is 20.1 Å². The van der Waals surface area contributed by atoms with E-state index in [4.69, 9.17) is 4.74 Å². The third-order valence-electron chi connectivity index (χ3n) is 9.91. The molecule has 3 aromatic carbocycles. The number of hydrogen-bond donors (Lipinski definition) is 2. The van der Waals surface area contributed by atoms with Crippen LogP contribution in [0.15, 0.2) is 66.9 Å². The van der Waals surface area contributed by atoms with Gasteiger partial charge < -0.3 is 25.2 Å². The van der Waals surface area contributed by atoms with Crippen LogP contribution in [0.25, 0.3) is 21.7 Å². The Bertz CT molecular complexity index is 1920. The number of aromatic nitrogens is 1. The largest absolute Gasteiger partial charge is 0.444 e. The quantitative estimate of drug-likeness (QED) is 0.104. The highest BCUT2D eigenvalue weighted by molar-refractivity contribution is 5.99. The van der Waals surface area contributed by atoms with Crippen LogP contribution < -0.4 is 10.6 Å². The molecule has 0 atom stereocenters. The lowest BCUT2D eigenvalue weighted by Crippen LogP contribution is -2.50. The number of ether oxygens (including phenoxy) is 1. The number of rotatable bonds is 17. The molecular formula is C44H56N6O4. The first-order valence-corrected chi connectivity index (χ1v) is 19.7. The Morgan fingerprint density at radius 1 is 0.778 bits per heavy atom. The summed E-state index contributed by atoms with van der Waals surface area (Å²) in [6.07, 6.45) is 12.8. The monoisotopic (exact) mass is 732 g/mol. The number of hydrogen-bond acceptors (Lipinski definition) is 7. The number of carbonyl (C=O) groups excluding carboxylic acids is 3. The van der Waals surface area contributed by atoms with E-state index in [-0.39, 0.29) is 17.9 Å². The van der Waals surface area contributed by atoms with Gasteiger partial charge in [-0.2, -0.15) is 5.26 Å². The van der Waals surface area contributed by atoms with E-state index >= 15 is 0 Å². The van der Waals surface area contributed by atoms with E-state index in [1.54, 1.807) is 12.3 Å². The van der Waals surface area contributed by atoms with Crippen molar-refractivity contribution in [2.45, 2.75) is 97.0 Å². The minimum Gasteiger partial charge on any atom is -0.444 e. The van der Waals surface area contributed by atoms with Crippen molar-refractivity contribution in [1.29, 1.82) is 5.26 Å². The number of carbonyl (C=O) groups is 3. The molecule has 1 fully saturated rings. The predicted octanol–water partition coefficient (Wildman–Crippen LogP) is 8.62. The van der Waals surface area contributed by atoms with E-state index in [9.17, 15) is 19.6 Å². The molecule has 3 amide bonds. The lowest BCUT2D eigenvalue weighted by Gasteiger charge is -2.35. The fourth-order valence-corrected chi connectivity index (χ4v) is 6.94. The topological polar surface area (TPSA) is 128 Å². The van der Waals surface area contributed by atoms with Gasteiger partial charge in [0.05, 0.1) is 17.1 Å². The second kappa shape index (κ2) is 19.8. The van der Waals surface area contributed by atoms with Crippen molar-refractivity contribution in [2.24, 2.45) is 0 Å². The lowest BCUT2D eigenvalue weighted by molar-refractivity contribution is -0.132. The summed E-state index contributed by atoms with van der Waals surface area (Å²) < 4.78 is 5.25. The van der Waals surface area contributed by atoms with E-state index in [2.05, 4.69) is 39.9 Å². The van der Waals surface area contributed by atoms with Gasteiger partial charge in [-0.05, 0) is 92.8 Å². The molecule has 2 heterocycles. The maximum atomic E-state index is 13.4. The number of fused-ring (bicyclic) bond motifs is 2. The maximum absolute atomic E-state index is 13.4. The van der Waals surface area contributed by atoms with Gasteiger partial charge in [-0.3, -0.25) is 14.6 Å². The van der Waals surface area contributed by atoms with Crippen LogP contribution >= 0.6 is 0 Å². The summed E-state index contributed by atoms with van der Waals surface area (Å²) in [7, 11) is 0. The zero-order chi connectivity index (χ0) is 38.3. The van der Waals surface area contributed by atoms with Gasteiger partial charge in [-0.1, -0.05) is 69.2 Å². The predicted molar refractivity (Wildman–Crippen MR) is 215 cm³/mol. The third-order valence-corrected chi connectivity index (χ3v) is 9.91. The average Bonchev–Trinajstić information content (AvgIpc) is 3.17. The molecule has 10 heteroatoms. The summed E-state index contributed by atoms with van der Waals surface area (Å²) in [6.45, 7) is 9.24. The SMILES string of the molecule is CC(C)(C)OC(=O)NCCCCCCCCCCCC(=O)N1CCN(C(=O)c2ccc3cc(CCNc4ccnc5ccc(C#N)cc45)ccc3c2)CC1. The highest BCUT2D eigenvalue weighted by Crippen LogP contribution is 2.24. The Morgan fingerprint density at radius 3 is 2.17 bits per heavy atom. The van der Waals surface area contributed by atoms with E-state index in [0.29, 0.717) is 50.3 Å². The van der Waals surface area contributed by atoms with Crippen LogP contribution in [0.5, 0.6) is 0 Å². The molecule has 1 saturated heterocycles. The first kappa shape index (κ1) is 40.0. The average molecular weight is 733 g/mol. The summed E-state index contributed by atoms with van der Waals surface area (Å²) in [4.78, 5) is 46.2. The van der Waals surface area contributed by atoms with Crippen LogP contribution in [0.3, 0.4) is 0 Å². The zero-order valence-electron chi connectivity index (χ0n) is 32.3. The molecule has 0 spiro atoms. The number of alkyl carbamates (subject to hydrolysis) is 1. The molecule has 5 rings (SSSR count). The van der Waals surface area contributed by atoms with Crippen LogP contribution in [0.4, 0.5) is 10.5 Å². The number of unbranched alkanes of at least 4 members (excludes halogenated alkanes) is 8. The minimum atomic E-state index is -0.463. The first-order valence-electron chi connectivity index (χ1n) is 19.7. The first-order chi connectivity index (χ1) is 26.1. The number of nitrogens with one attached hydrogen (secondary N) is 2. The molecule has 0 aliphatic carbocycles. The molecule has 1 aliphatic rings. The summed E-state index contributed by atoms with van der Waals surface area (Å²) in [6, 6.07) is 21.9. The number of piperazine rings is 1. The van der Waals surface area contributed by atoms with Crippen molar-refractivity contribution in [2.75, 3.05) is 44.6 Å². The molecule has 286 valence electrons. The molecule has 2 N–H and O–H groups in total. The summed E-state index contributed by atoms with van der Waals surface area (Å²) >= 11 is 0. The number of nitrogens with zero attached hydrogens (tertiary/aromatic N) is 4. The molecular weight excluding hydrogens is 677 g/mol. The number of nitriles is 1. The number of benzene rings is 3. The van der Waals surface area contributed by atoms with Gasteiger partial charge in [-0.25, -0.2) is 4.79 Å². The van der Waals surface area contributed by atoms with E-state index in [1.807, 2.05) is 67.0 Å². The van der Waals surface area contributed by atoms with E-state index < -0.39 is 5.60 Å². The summed E-state index contributed by atoms with van der Waals surface area (Å²) in [5, 5.41) is 18.7. The smallest absolute Gasteiger partial charge is 0.407 e. The van der Waals surface area contributed by atoms with Crippen molar-refractivity contribution >= 4 is 45.3 Å². The van der Waals surface area contributed by atoms with Gasteiger partial charge in [0, 0.05) is 68.5 Å². The van der Waals surface area contributed by atoms with Crippen molar-refractivity contribution in [3.8, 4) is 6.07 Å². The highest BCUT2D eigenvalue weighted by Gasteiger charge is 2.25. The fraction of sp³-hybridized carbons (Fsp3) is 0.477. The van der Waals surface area contributed by atoms with Gasteiger partial charge in [0.25, 0.3) is 5.91 Å². The lowest BCUT2D eigenvalue weighted by atomic mass is 10.0. The second-order valence-corrected chi connectivity index (χ2v) is 15.3. The van der Waals surface area contributed by atoms with E-state index in [0.717, 1.165) is 72.4 Å². The van der Waals surface area contributed by atoms with Crippen LogP contribution in [-0.4, -0.2) is 77.6 Å². The summed E-state index contributed by atoms with van der Waals surface area (Å²) in [5.41, 5.74) is 3.83. The van der Waals surface area contributed by atoms with Crippen molar-refractivity contribution in [3.05, 3.63) is 83.6 Å². The molecule has 0 bridgehead atoms. The number of pyridine rings is 1. The number of amides is 3. The molecule has 10 nitrogen and oxygen atoms in total. The Morgan fingerprint density at radius 2 is 1.44 bits per heavy atom. The second-order valence-electron chi connectivity index (χ2n) is 15.3. The molecule has 54 heavy (non-hydrogen) atoms. The number of anilines is 1. The summed E-state index contributed by atoms with van der Waals surface area (Å²) in [5.74, 6) is 0.208.